The molecule has 0 unspecified atom stereocenters. The summed E-state index contributed by atoms with van der Waals surface area (Å²) >= 11 is 7.59. The lowest BCUT2D eigenvalue weighted by Gasteiger charge is -2.32. The Morgan fingerprint density at radius 2 is 2.21 bits per heavy atom. The van der Waals surface area contributed by atoms with Crippen LogP contribution < -0.4 is 0 Å². The van der Waals surface area contributed by atoms with Gasteiger partial charge < -0.3 is 14.6 Å². The Kier molecular flexibility index (Phi) is 6.94. The zero-order valence-electron chi connectivity index (χ0n) is 17.3. The molecule has 1 fully saturated rings. The third-order valence-corrected chi connectivity index (χ3v) is 6.14. The molecule has 0 amide bonds. The van der Waals surface area contributed by atoms with Gasteiger partial charge in [-0.1, -0.05) is 11.6 Å². The van der Waals surface area contributed by atoms with Gasteiger partial charge >= 0.3 is 11.9 Å². The number of ether oxygens (including phenoxy) is 2. The van der Waals surface area contributed by atoms with Crippen molar-refractivity contribution in [2.45, 2.75) is 12.6 Å². The van der Waals surface area contributed by atoms with Crippen LogP contribution in [-0.4, -0.2) is 69.8 Å². The molecule has 172 valence electrons. The Morgan fingerprint density at radius 3 is 2.88 bits per heavy atom. The van der Waals surface area contributed by atoms with Crippen LogP contribution in [0.25, 0.3) is 22.1 Å². The Balaban J connectivity index is 1.92. The zero-order chi connectivity index (χ0) is 23.5. The molecule has 9 nitrogen and oxygen atoms in total. The standard InChI is InChI=1S/C21H18ClFN4O5S/c1-31-21(30)16-14(9-27-5-6-32-10-15(27)20(28)29)25-18(19-24-4-7-33-19)26-17(16)12-3-2-11(23)8-13(12)22/h2-4,7-8,15H,5-6,9-10H2,1H3,(H,28,29)/t15-/m0/s1. The predicted molar refractivity (Wildman–Crippen MR) is 118 cm³/mol. The molecule has 0 radical (unpaired) electrons. The summed E-state index contributed by atoms with van der Waals surface area (Å²) in [7, 11) is 1.21. The molecule has 0 saturated carbocycles. The molecule has 1 atom stereocenters. The highest BCUT2D eigenvalue weighted by molar-refractivity contribution is 7.13. The van der Waals surface area contributed by atoms with Crippen LogP contribution in [0.1, 0.15) is 16.1 Å². The van der Waals surface area contributed by atoms with Gasteiger partial charge in [0.1, 0.15) is 17.4 Å². The molecule has 1 aliphatic rings. The number of benzene rings is 1. The smallest absolute Gasteiger partial charge is 0.342 e. The fourth-order valence-electron chi connectivity index (χ4n) is 3.49. The van der Waals surface area contributed by atoms with Crippen molar-refractivity contribution in [3.63, 3.8) is 0 Å². The van der Waals surface area contributed by atoms with Crippen molar-refractivity contribution in [3.05, 3.63) is 51.9 Å². The van der Waals surface area contributed by atoms with E-state index in [4.69, 9.17) is 21.1 Å². The maximum atomic E-state index is 13.7. The van der Waals surface area contributed by atoms with Gasteiger partial charge in [0.15, 0.2) is 10.8 Å². The van der Waals surface area contributed by atoms with Crippen LogP contribution in [-0.2, 0) is 20.8 Å². The second kappa shape index (κ2) is 9.87. The summed E-state index contributed by atoms with van der Waals surface area (Å²) in [6.45, 7) is 0.667. The van der Waals surface area contributed by atoms with Crippen LogP contribution in [0.4, 0.5) is 4.39 Å². The van der Waals surface area contributed by atoms with E-state index in [-0.39, 0.29) is 40.9 Å². The highest BCUT2D eigenvalue weighted by Gasteiger charge is 2.32. The number of hydrogen-bond acceptors (Lipinski definition) is 9. The van der Waals surface area contributed by atoms with Gasteiger partial charge in [-0.15, -0.1) is 11.3 Å². The molecule has 0 spiro atoms. The minimum Gasteiger partial charge on any atom is -0.480 e. The number of carboxylic acid groups (broad SMARTS) is 1. The van der Waals surface area contributed by atoms with Crippen molar-refractivity contribution in [2.24, 2.45) is 0 Å². The number of carboxylic acids is 1. The fraction of sp³-hybridized carbons (Fsp3) is 0.286. The summed E-state index contributed by atoms with van der Waals surface area (Å²) in [5.41, 5.74) is 0.700. The number of carbonyl (C=O) groups is 2. The van der Waals surface area contributed by atoms with Crippen molar-refractivity contribution in [2.75, 3.05) is 26.9 Å². The molecule has 1 saturated heterocycles. The monoisotopic (exact) mass is 492 g/mol. The number of nitrogens with zero attached hydrogens (tertiary/aromatic N) is 4. The minimum atomic E-state index is -1.05. The number of aliphatic carboxylic acids is 1. The molecular formula is C21H18ClFN4O5S. The molecule has 0 bridgehead atoms. The van der Waals surface area contributed by atoms with Crippen LogP contribution in [0.3, 0.4) is 0 Å². The molecule has 1 N–H and O–H groups in total. The Labute approximate surface area is 196 Å². The van der Waals surface area contributed by atoms with Crippen molar-refractivity contribution < 1.29 is 28.6 Å². The van der Waals surface area contributed by atoms with E-state index in [1.54, 1.807) is 16.5 Å². The Bertz CT molecular complexity index is 1190. The molecular weight excluding hydrogens is 475 g/mol. The van der Waals surface area contributed by atoms with E-state index in [0.29, 0.717) is 23.7 Å². The Hall–Kier alpha value is -2.99. The van der Waals surface area contributed by atoms with Crippen LogP contribution in [0.5, 0.6) is 0 Å². The maximum Gasteiger partial charge on any atom is 0.342 e. The largest absolute Gasteiger partial charge is 0.480 e. The second-order valence-corrected chi connectivity index (χ2v) is 8.37. The molecule has 33 heavy (non-hydrogen) atoms. The van der Waals surface area contributed by atoms with E-state index in [2.05, 4.69) is 15.0 Å². The van der Waals surface area contributed by atoms with Gasteiger partial charge in [-0.05, 0) is 18.2 Å². The quantitative estimate of drug-likeness (QED) is 0.518. The van der Waals surface area contributed by atoms with E-state index in [0.717, 1.165) is 6.07 Å². The number of thiazole rings is 1. The third kappa shape index (κ3) is 4.86. The molecule has 3 heterocycles. The van der Waals surface area contributed by atoms with Crippen LogP contribution in [0, 0.1) is 5.82 Å². The first-order valence-corrected chi connectivity index (χ1v) is 11.0. The van der Waals surface area contributed by atoms with Gasteiger partial charge in [0.2, 0.25) is 0 Å². The van der Waals surface area contributed by atoms with Gasteiger partial charge in [0.25, 0.3) is 0 Å². The number of morpholine rings is 1. The summed E-state index contributed by atoms with van der Waals surface area (Å²) in [6.07, 6.45) is 1.59. The second-order valence-electron chi connectivity index (χ2n) is 7.07. The number of hydrogen-bond donors (Lipinski definition) is 1. The van der Waals surface area contributed by atoms with E-state index in [9.17, 15) is 19.1 Å². The Morgan fingerprint density at radius 1 is 1.39 bits per heavy atom. The van der Waals surface area contributed by atoms with Crippen molar-refractivity contribution in [3.8, 4) is 22.1 Å². The predicted octanol–water partition coefficient (Wildman–Crippen LogP) is 3.13. The van der Waals surface area contributed by atoms with Gasteiger partial charge in [-0.2, -0.15) is 0 Å². The number of halogens is 2. The lowest BCUT2D eigenvalue weighted by molar-refractivity contribution is -0.150. The average molecular weight is 493 g/mol. The minimum absolute atomic E-state index is 0.00393. The first-order chi connectivity index (χ1) is 15.9. The van der Waals surface area contributed by atoms with Crippen LogP contribution in [0.15, 0.2) is 29.8 Å². The molecule has 0 aliphatic carbocycles. The van der Waals surface area contributed by atoms with E-state index < -0.39 is 23.8 Å². The SMILES string of the molecule is COC(=O)c1c(CN2CCOC[C@H]2C(=O)O)nc(-c2nccs2)nc1-c1ccc(F)cc1Cl. The lowest BCUT2D eigenvalue weighted by Crippen LogP contribution is -2.49. The summed E-state index contributed by atoms with van der Waals surface area (Å²) in [5, 5.41) is 11.9. The van der Waals surface area contributed by atoms with Crippen LogP contribution in [0.2, 0.25) is 5.02 Å². The third-order valence-electron chi connectivity index (χ3n) is 5.06. The zero-order valence-corrected chi connectivity index (χ0v) is 18.9. The van der Waals surface area contributed by atoms with E-state index in [1.165, 1.54) is 30.6 Å². The van der Waals surface area contributed by atoms with Gasteiger partial charge in [0, 0.05) is 30.2 Å². The summed E-state index contributed by atoms with van der Waals surface area (Å²) in [5.74, 6) is -2.10. The van der Waals surface area contributed by atoms with Crippen molar-refractivity contribution >= 4 is 34.9 Å². The van der Waals surface area contributed by atoms with E-state index in [1.807, 2.05) is 0 Å². The molecule has 1 aromatic carbocycles. The van der Waals surface area contributed by atoms with E-state index >= 15 is 0 Å². The van der Waals surface area contributed by atoms with Gasteiger partial charge in [-0.3, -0.25) is 9.69 Å². The molecule has 3 aromatic rings. The highest BCUT2D eigenvalue weighted by atomic mass is 35.5. The topological polar surface area (TPSA) is 115 Å². The first-order valence-electron chi connectivity index (χ1n) is 9.78. The molecule has 1 aliphatic heterocycles. The summed E-state index contributed by atoms with van der Waals surface area (Å²) < 4.78 is 24.0. The molecule has 4 rings (SSSR count). The van der Waals surface area contributed by atoms with Crippen molar-refractivity contribution in [1.29, 1.82) is 0 Å². The number of aromatic nitrogens is 3. The summed E-state index contributed by atoms with van der Waals surface area (Å²) in [6, 6.07) is 2.82. The number of methoxy groups -OCH3 is 1. The first kappa shape index (κ1) is 23.2. The van der Waals surface area contributed by atoms with Crippen molar-refractivity contribution in [1.82, 2.24) is 19.9 Å². The van der Waals surface area contributed by atoms with Gasteiger partial charge in [0.05, 0.1) is 36.7 Å². The van der Waals surface area contributed by atoms with Gasteiger partial charge in [-0.25, -0.2) is 24.1 Å². The normalized spacial score (nSPS) is 16.5. The summed E-state index contributed by atoms with van der Waals surface area (Å²) in [4.78, 5) is 39.6. The fourth-order valence-corrected chi connectivity index (χ4v) is 4.32. The maximum absolute atomic E-state index is 13.7. The number of esters is 1. The molecule has 12 heteroatoms. The highest BCUT2D eigenvalue weighted by Crippen LogP contribution is 2.34. The molecule has 2 aromatic heterocycles. The number of rotatable bonds is 6. The lowest BCUT2D eigenvalue weighted by atomic mass is 10.0. The van der Waals surface area contributed by atoms with Crippen LogP contribution >= 0.6 is 22.9 Å². The number of carbonyl (C=O) groups excluding carboxylic acids is 1. The average Bonchev–Trinajstić information content (AvgIpc) is 3.33.